The minimum atomic E-state index is 0.208. The molecule has 5 heteroatoms. The van der Waals surface area contributed by atoms with Crippen molar-refractivity contribution in [1.29, 1.82) is 5.26 Å². The molecule has 116 valence electrons. The molecule has 0 unspecified atom stereocenters. The van der Waals surface area contributed by atoms with E-state index in [1.54, 1.807) is 38.5 Å². The summed E-state index contributed by atoms with van der Waals surface area (Å²) in [5.41, 5.74) is 2.14. The summed E-state index contributed by atoms with van der Waals surface area (Å²) in [6.07, 6.45) is 1.79. The molecule has 0 saturated heterocycles. The van der Waals surface area contributed by atoms with Crippen molar-refractivity contribution in [2.24, 2.45) is 0 Å². The smallest absolute Gasteiger partial charge is 0.231 e. The fraction of sp³-hybridized carbons (Fsp3) is 0.167. The van der Waals surface area contributed by atoms with E-state index in [0.29, 0.717) is 28.6 Å². The molecular formula is C18H15NO4. The van der Waals surface area contributed by atoms with Gasteiger partial charge in [-0.2, -0.15) is 5.26 Å². The van der Waals surface area contributed by atoms with E-state index in [1.165, 1.54) is 0 Å². The molecule has 0 atom stereocenters. The number of methoxy groups -OCH3 is 2. The van der Waals surface area contributed by atoms with Crippen LogP contribution in [0.3, 0.4) is 0 Å². The number of fused-ring (bicyclic) bond motifs is 1. The average molecular weight is 309 g/mol. The molecule has 0 aromatic heterocycles. The van der Waals surface area contributed by atoms with E-state index in [9.17, 15) is 5.26 Å². The average Bonchev–Trinajstić information content (AvgIpc) is 3.07. The molecule has 1 aliphatic heterocycles. The van der Waals surface area contributed by atoms with Gasteiger partial charge >= 0.3 is 0 Å². The van der Waals surface area contributed by atoms with Crippen LogP contribution >= 0.6 is 0 Å². The van der Waals surface area contributed by atoms with Gasteiger partial charge < -0.3 is 18.9 Å². The molecule has 0 aliphatic carbocycles. The van der Waals surface area contributed by atoms with Gasteiger partial charge in [-0.1, -0.05) is 6.07 Å². The van der Waals surface area contributed by atoms with E-state index in [0.717, 1.165) is 11.1 Å². The lowest BCUT2D eigenvalue weighted by molar-refractivity contribution is 0.174. The molecule has 0 saturated carbocycles. The SMILES string of the molecule is COc1ccc(/C=C(/C#N)c2ccc3c(c2)OCO3)cc1OC. The van der Waals surface area contributed by atoms with Gasteiger partial charge in [-0.25, -0.2) is 0 Å². The summed E-state index contributed by atoms with van der Waals surface area (Å²) in [6, 6.07) is 13.2. The van der Waals surface area contributed by atoms with Crippen LogP contribution in [0.1, 0.15) is 11.1 Å². The Morgan fingerprint density at radius 1 is 1.04 bits per heavy atom. The second-order valence-electron chi connectivity index (χ2n) is 4.85. The van der Waals surface area contributed by atoms with E-state index in [1.807, 2.05) is 18.2 Å². The first-order valence-corrected chi connectivity index (χ1v) is 6.99. The predicted molar refractivity (Wildman–Crippen MR) is 85.6 cm³/mol. The Kier molecular flexibility index (Phi) is 4.07. The normalized spacial score (nSPS) is 12.7. The van der Waals surface area contributed by atoms with Crippen molar-refractivity contribution in [2.75, 3.05) is 21.0 Å². The second-order valence-corrected chi connectivity index (χ2v) is 4.85. The molecule has 5 nitrogen and oxygen atoms in total. The molecular weight excluding hydrogens is 294 g/mol. The van der Waals surface area contributed by atoms with E-state index < -0.39 is 0 Å². The lowest BCUT2D eigenvalue weighted by atomic mass is 10.0. The molecule has 1 aliphatic rings. The molecule has 1 heterocycles. The van der Waals surface area contributed by atoms with Gasteiger partial charge in [0.05, 0.1) is 25.9 Å². The number of hydrogen-bond acceptors (Lipinski definition) is 5. The Hall–Kier alpha value is -3.13. The minimum Gasteiger partial charge on any atom is -0.493 e. The minimum absolute atomic E-state index is 0.208. The van der Waals surface area contributed by atoms with Gasteiger partial charge in [-0.15, -0.1) is 0 Å². The molecule has 0 N–H and O–H groups in total. The van der Waals surface area contributed by atoms with Crippen molar-refractivity contribution in [3.8, 4) is 29.1 Å². The first-order valence-electron chi connectivity index (χ1n) is 6.99. The molecule has 0 bridgehead atoms. The number of allylic oxidation sites excluding steroid dienone is 1. The zero-order chi connectivity index (χ0) is 16.2. The fourth-order valence-corrected chi connectivity index (χ4v) is 2.35. The van der Waals surface area contributed by atoms with Gasteiger partial charge in [0.15, 0.2) is 23.0 Å². The summed E-state index contributed by atoms with van der Waals surface area (Å²) in [5.74, 6) is 2.60. The van der Waals surface area contributed by atoms with E-state index in [2.05, 4.69) is 6.07 Å². The van der Waals surface area contributed by atoms with Crippen LogP contribution in [0.25, 0.3) is 11.6 Å². The standard InChI is InChI=1S/C18H15NO4/c1-20-15-5-3-12(8-17(15)21-2)7-14(10-19)13-4-6-16-18(9-13)23-11-22-16/h3-9H,11H2,1-2H3/b14-7-. The van der Waals surface area contributed by atoms with Crippen molar-refractivity contribution < 1.29 is 18.9 Å². The van der Waals surface area contributed by atoms with Crippen LogP contribution < -0.4 is 18.9 Å². The molecule has 23 heavy (non-hydrogen) atoms. The zero-order valence-corrected chi connectivity index (χ0v) is 12.8. The highest BCUT2D eigenvalue weighted by molar-refractivity contribution is 5.90. The Morgan fingerprint density at radius 3 is 2.57 bits per heavy atom. The predicted octanol–water partition coefficient (Wildman–Crippen LogP) is 3.50. The van der Waals surface area contributed by atoms with Crippen LogP contribution in [0.15, 0.2) is 36.4 Å². The van der Waals surface area contributed by atoms with Crippen molar-refractivity contribution in [2.45, 2.75) is 0 Å². The molecule has 2 aromatic rings. The largest absolute Gasteiger partial charge is 0.493 e. The number of nitriles is 1. The van der Waals surface area contributed by atoms with Gasteiger partial charge in [0.1, 0.15) is 0 Å². The van der Waals surface area contributed by atoms with Crippen LogP contribution in [0, 0.1) is 11.3 Å². The van der Waals surface area contributed by atoms with E-state index >= 15 is 0 Å². The molecule has 0 fully saturated rings. The Balaban J connectivity index is 1.98. The third-order valence-electron chi connectivity index (χ3n) is 3.52. The second kappa shape index (κ2) is 6.32. The van der Waals surface area contributed by atoms with E-state index in [-0.39, 0.29) is 6.79 Å². The molecule has 0 amide bonds. The summed E-state index contributed by atoms with van der Waals surface area (Å²) >= 11 is 0. The van der Waals surface area contributed by atoms with Crippen molar-refractivity contribution in [3.05, 3.63) is 47.5 Å². The van der Waals surface area contributed by atoms with Crippen LogP contribution in [-0.4, -0.2) is 21.0 Å². The summed E-state index contributed by atoms with van der Waals surface area (Å²) in [7, 11) is 3.16. The van der Waals surface area contributed by atoms with Gasteiger partial charge in [-0.05, 0) is 47.5 Å². The Bertz CT molecular complexity index is 805. The van der Waals surface area contributed by atoms with Crippen LogP contribution in [0.2, 0.25) is 0 Å². The zero-order valence-electron chi connectivity index (χ0n) is 12.8. The first kappa shape index (κ1) is 14.8. The quantitative estimate of drug-likeness (QED) is 0.639. The number of benzene rings is 2. The molecule has 3 rings (SSSR count). The van der Waals surface area contributed by atoms with Gasteiger partial charge in [0.25, 0.3) is 0 Å². The summed E-state index contributed by atoms with van der Waals surface area (Å²) in [6.45, 7) is 0.208. The van der Waals surface area contributed by atoms with Crippen molar-refractivity contribution in [1.82, 2.24) is 0 Å². The number of rotatable bonds is 4. The topological polar surface area (TPSA) is 60.7 Å². The monoisotopic (exact) mass is 309 g/mol. The van der Waals surface area contributed by atoms with Gasteiger partial charge in [-0.3, -0.25) is 0 Å². The highest BCUT2D eigenvalue weighted by Gasteiger charge is 2.15. The number of hydrogen-bond donors (Lipinski definition) is 0. The third kappa shape index (κ3) is 2.92. The van der Waals surface area contributed by atoms with Gasteiger partial charge in [0.2, 0.25) is 6.79 Å². The lowest BCUT2D eigenvalue weighted by Gasteiger charge is -2.08. The van der Waals surface area contributed by atoms with Crippen LogP contribution in [0.5, 0.6) is 23.0 Å². The molecule has 0 radical (unpaired) electrons. The number of ether oxygens (including phenoxy) is 4. The van der Waals surface area contributed by atoms with Crippen LogP contribution in [-0.2, 0) is 0 Å². The maximum atomic E-state index is 9.47. The van der Waals surface area contributed by atoms with Gasteiger partial charge in [0, 0.05) is 0 Å². The van der Waals surface area contributed by atoms with Crippen molar-refractivity contribution in [3.63, 3.8) is 0 Å². The fourth-order valence-electron chi connectivity index (χ4n) is 2.35. The maximum absolute atomic E-state index is 9.47. The summed E-state index contributed by atoms with van der Waals surface area (Å²) in [5, 5.41) is 9.47. The lowest BCUT2D eigenvalue weighted by Crippen LogP contribution is -1.92. The first-order chi connectivity index (χ1) is 11.2. The summed E-state index contributed by atoms with van der Waals surface area (Å²) < 4.78 is 21.1. The van der Waals surface area contributed by atoms with E-state index in [4.69, 9.17) is 18.9 Å². The third-order valence-corrected chi connectivity index (χ3v) is 3.52. The Morgan fingerprint density at radius 2 is 1.83 bits per heavy atom. The maximum Gasteiger partial charge on any atom is 0.231 e. The number of nitrogens with zero attached hydrogens (tertiary/aromatic N) is 1. The highest BCUT2D eigenvalue weighted by Crippen LogP contribution is 2.35. The molecule has 2 aromatic carbocycles. The highest BCUT2D eigenvalue weighted by atomic mass is 16.7. The van der Waals surface area contributed by atoms with Crippen LogP contribution in [0.4, 0.5) is 0 Å². The van der Waals surface area contributed by atoms with Crippen molar-refractivity contribution >= 4 is 11.6 Å². The molecule has 0 spiro atoms. The summed E-state index contributed by atoms with van der Waals surface area (Å²) in [4.78, 5) is 0. The Labute approximate surface area is 134 Å².